The molecule has 112 valence electrons. The number of hydrogen-bond acceptors (Lipinski definition) is 2. The average molecular weight is 268 g/mol. The quantitative estimate of drug-likeness (QED) is 0.832. The van der Waals surface area contributed by atoms with Gasteiger partial charge in [0.2, 0.25) is 5.91 Å². The van der Waals surface area contributed by atoms with Crippen molar-refractivity contribution in [2.45, 2.75) is 72.8 Å². The molecule has 0 radical (unpaired) electrons. The third-order valence-corrected chi connectivity index (χ3v) is 4.60. The summed E-state index contributed by atoms with van der Waals surface area (Å²) in [7, 11) is 0. The number of carbonyl (C=O) groups excluding carboxylic acids is 1. The molecule has 1 aliphatic rings. The fraction of sp³-hybridized carbons (Fsp3) is 0.938. The highest BCUT2D eigenvalue weighted by atomic mass is 16.2. The maximum Gasteiger partial charge on any atom is 0.224 e. The number of amides is 1. The first-order valence-electron chi connectivity index (χ1n) is 7.75. The summed E-state index contributed by atoms with van der Waals surface area (Å²) in [6, 6.07) is -0.00856. The molecule has 1 atom stereocenters. The van der Waals surface area contributed by atoms with Crippen molar-refractivity contribution in [3.8, 4) is 0 Å². The number of likely N-dealkylation sites (tertiary alicyclic amines) is 1. The van der Waals surface area contributed by atoms with E-state index in [0.29, 0.717) is 11.8 Å². The van der Waals surface area contributed by atoms with Crippen LogP contribution in [-0.4, -0.2) is 29.9 Å². The molecular weight excluding hydrogens is 236 g/mol. The van der Waals surface area contributed by atoms with E-state index in [2.05, 4.69) is 34.6 Å². The molecule has 0 aromatic rings. The second-order valence-corrected chi connectivity index (χ2v) is 7.50. The van der Waals surface area contributed by atoms with Crippen LogP contribution in [0.2, 0.25) is 0 Å². The van der Waals surface area contributed by atoms with Gasteiger partial charge in [0.1, 0.15) is 0 Å². The van der Waals surface area contributed by atoms with Gasteiger partial charge in [-0.1, -0.05) is 34.6 Å². The monoisotopic (exact) mass is 268 g/mol. The Hall–Kier alpha value is -0.570. The Kier molecular flexibility index (Phi) is 5.43. The van der Waals surface area contributed by atoms with Gasteiger partial charge in [-0.2, -0.15) is 0 Å². The van der Waals surface area contributed by atoms with Crippen LogP contribution in [-0.2, 0) is 4.79 Å². The molecule has 0 aliphatic carbocycles. The average Bonchev–Trinajstić information content (AvgIpc) is 2.71. The third kappa shape index (κ3) is 4.79. The maximum absolute atomic E-state index is 12.3. The van der Waals surface area contributed by atoms with Crippen molar-refractivity contribution < 1.29 is 4.79 Å². The van der Waals surface area contributed by atoms with Crippen molar-refractivity contribution in [2.75, 3.05) is 13.1 Å². The van der Waals surface area contributed by atoms with Gasteiger partial charge in [0.15, 0.2) is 0 Å². The molecule has 3 nitrogen and oxygen atoms in total. The molecule has 1 unspecified atom stereocenters. The lowest BCUT2D eigenvalue weighted by atomic mass is 9.82. The molecule has 3 heteroatoms. The molecule has 1 rings (SSSR count). The number of nitrogens with two attached hydrogens (primary N) is 1. The summed E-state index contributed by atoms with van der Waals surface area (Å²) >= 11 is 0. The normalized spacial score (nSPS) is 20.6. The van der Waals surface area contributed by atoms with Gasteiger partial charge in [-0.05, 0) is 36.5 Å². The Balaban J connectivity index is 2.48. The number of carbonyl (C=O) groups is 1. The zero-order valence-electron chi connectivity index (χ0n) is 13.5. The molecule has 0 saturated carbocycles. The molecule has 1 saturated heterocycles. The second kappa shape index (κ2) is 6.25. The molecule has 1 heterocycles. The van der Waals surface area contributed by atoms with Crippen LogP contribution in [0.25, 0.3) is 0 Å². The first-order chi connectivity index (χ1) is 8.71. The van der Waals surface area contributed by atoms with Gasteiger partial charge < -0.3 is 10.6 Å². The summed E-state index contributed by atoms with van der Waals surface area (Å²) in [6.07, 6.45) is 4.89. The van der Waals surface area contributed by atoms with Gasteiger partial charge in [0.05, 0.1) is 0 Å². The van der Waals surface area contributed by atoms with Crippen LogP contribution in [0.15, 0.2) is 0 Å². The minimum atomic E-state index is -0.00856. The largest absolute Gasteiger partial charge is 0.342 e. The zero-order chi connectivity index (χ0) is 14.7. The number of hydrogen-bond donors (Lipinski definition) is 1. The van der Waals surface area contributed by atoms with Gasteiger partial charge in [-0.15, -0.1) is 0 Å². The Bertz CT molecular complexity index is 302. The van der Waals surface area contributed by atoms with Crippen LogP contribution in [0.4, 0.5) is 0 Å². The number of nitrogens with zero attached hydrogens (tertiary/aromatic N) is 1. The van der Waals surface area contributed by atoms with E-state index in [1.165, 1.54) is 12.8 Å². The van der Waals surface area contributed by atoms with Gasteiger partial charge in [0, 0.05) is 25.6 Å². The zero-order valence-corrected chi connectivity index (χ0v) is 13.5. The van der Waals surface area contributed by atoms with E-state index in [-0.39, 0.29) is 17.4 Å². The van der Waals surface area contributed by atoms with Crippen LogP contribution < -0.4 is 5.73 Å². The van der Waals surface area contributed by atoms with E-state index in [1.807, 2.05) is 4.90 Å². The summed E-state index contributed by atoms with van der Waals surface area (Å²) in [6.45, 7) is 12.8. The SMILES string of the molecule is CCC1(CC)CCN(C(=O)CC(N)CC(C)(C)C)C1. The third-order valence-electron chi connectivity index (χ3n) is 4.60. The van der Waals surface area contributed by atoms with E-state index >= 15 is 0 Å². The molecule has 1 amide bonds. The molecule has 0 bridgehead atoms. The molecular formula is C16H32N2O. The summed E-state index contributed by atoms with van der Waals surface area (Å²) in [4.78, 5) is 14.3. The minimum absolute atomic E-state index is 0.00856. The highest BCUT2D eigenvalue weighted by Crippen LogP contribution is 2.37. The highest BCUT2D eigenvalue weighted by Gasteiger charge is 2.37. The van der Waals surface area contributed by atoms with Gasteiger partial charge in [0.25, 0.3) is 0 Å². The van der Waals surface area contributed by atoms with Gasteiger partial charge in [-0.3, -0.25) is 4.79 Å². The van der Waals surface area contributed by atoms with E-state index < -0.39 is 0 Å². The Labute approximate surface area is 118 Å². The highest BCUT2D eigenvalue weighted by molar-refractivity contribution is 5.77. The molecule has 19 heavy (non-hydrogen) atoms. The Morgan fingerprint density at radius 3 is 2.32 bits per heavy atom. The molecule has 1 fully saturated rings. The minimum Gasteiger partial charge on any atom is -0.342 e. The van der Waals surface area contributed by atoms with E-state index in [0.717, 1.165) is 25.9 Å². The first-order valence-corrected chi connectivity index (χ1v) is 7.75. The van der Waals surface area contributed by atoms with Gasteiger partial charge >= 0.3 is 0 Å². The maximum atomic E-state index is 12.3. The van der Waals surface area contributed by atoms with Crippen LogP contribution in [0.3, 0.4) is 0 Å². The second-order valence-electron chi connectivity index (χ2n) is 7.50. The smallest absolute Gasteiger partial charge is 0.224 e. The summed E-state index contributed by atoms with van der Waals surface area (Å²) in [5.74, 6) is 0.250. The Morgan fingerprint density at radius 2 is 1.89 bits per heavy atom. The predicted octanol–water partition coefficient (Wildman–Crippen LogP) is 3.18. The fourth-order valence-electron chi connectivity index (χ4n) is 3.19. The van der Waals surface area contributed by atoms with Crippen molar-refractivity contribution in [2.24, 2.45) is 16.6 Å². The van der Waals surface area contributed by atoms with E-state index in [1.54, 1.807) is 0 Å². The van der Waals surface area contributed by atoms with Crippen LogP contribution in [0.1, 0.15) is 66.7 Å². The van der Waals surface area contributed by atoms with Gasteiger partial charge in [-0.25, -0.2) is 0 Å². The summed E-state index contributed by atoms with van der Waals surface area (Å²) in [5, 5.41) is 0. The van der Waals surface area contributed by atoms with Crippen molar-refractivity contribution >= 4 is 5.91 Å². The van der Waals surface area contributed by atoms with E-state index in [9.17, 15) is 4.79 Å². The topological polar surface area (TPSA) is 46.3 Å². The van der Waals surface area contributed by atoms with Crippen molar-refractivity contribution in [3.63, 3.8) is 0 Å². The van der Waals surface area contributed by atoms with Crippen LogP contribution in [0, 0.1) is 10.8 Å². The summed E-state index contributed by atoms with van der Waals surface area (Å²) in [5.41, 5.74) is 6.67. The molecule has 2 N–H and O–H groups in total. The van der Waals surface area contributed by atoms with E-state index in [4.69, 9.17) is 5.73 Å². The molecule has 1 aliphatic heterocycles. The molecule has 0 spiro atoms. The predicted molar refractivity (Wildman–Crippen MR) is 80.9 cm³/mol. The fourth-order valence-corrected chi connectivity index (χ4v) is 3.19. The lowest BCUT2D eigenvalue weighted by Gasteiger charge is -2.27. The van der Waals surface area contributed by atoms with Crippen molar-refractivity contribution in [1.82, 2.24) is 4.90 Å². The van der Waals surface area contributed by atoms with Crippen LogP contribution in [0.5, 0.6) is 0 Å². The lowest BCUT2D eigenvalue weighted by Crippen LogP contribution is -2.37. The lowest BCUT2D eigenvalue weighted by molar-refractivity contribution is -0.131. The molecule has 0 aromatic heterocycles. The molecule has 0 aromatic carbocycles. The van der Waals surface area contributed by atoms with Crippen molar-refractivity contribution in [1.29, 1.82) is 0 Å². The van der Waals surface area contributed by atoms with Crippen LogP contribution >= 0.6 is 0 Å². The standard InChI is InChI=1S/C16H32N2O/c1-6-16(7-2)8-9-18(12-16)14(19)10-13(17)11-15(3,4)5/h13H,6-12,17H2,1-5H3. The number of rotatable bonds is 5. The Morgan fingerprint density at radius 1 is 1.32 bits per heavy atom. The summed E-state index contributed by atoms with van der Waals surface area (Å²) < 4.78 is 0. The first kappa shape index (κ1) is 16.5. The van der Waals surface area contributed by atoms with Crippen molar-refractivity contribution in [3.05, 3.63) is 0 Å².